The Morgan fingerprint density at radius 1 is 1.33 bits per heavy atom. The van der Waals surface area contributed by atoms with E-state index in [1.54, 1.807) is 19.2 Å². The van der Waals surface area contributed by atoms with Crippen molar-refractivity contribution in [1.82, 2.24) is 15.0 Å². The summed E-state index contributed by atoms with van der Waals surface area (Å²) in [4.78, 5) is 10.8. The number of aromatic amines is 1. The van der Waals surface area contributed by atoms with Crippen LogP contribution < -0.4 is 0 Å². The van der Waals surface area contributed by atoms with Crippen molar-refractivity contribution < 1.29 is 4.39 Å². The van der Waals surface area contributed by atoms with Crippen molar-refractivity contribution in [3.63, 3.8) is 0 Å². The number of H-pyrrole nitrogens is 1. The molecule has 0 unspecified atom stereocenters. The van der Waals surface area contributed by atoms with Gasteiger partial charge in [-0.05, 0) is 19.1 Å². The smallest absolute Gasteiger partial charge is 0.142 e. The lowest BCUT2D eigenvalue weighted by Gasteiger charge is -2.02. The van der Waals surface area contributed by atoms with Crippen LogP contribution in [0.15, 0.2) is 24.5 Å². The molecule has 5 heteroatoms. The number of pyridine rings is 1. The summed E-state index contributed by atoms with van der Waals surface area (Å²) in [6.07, 6.45) is 2.73. The second-order valence-electron chi connectivity index (χ2n) is 3.11. The molecule has 0 radical (unpaired) electrons. The maximum absolute atomic E-state index is 12.9. The SMILES string of the molecule is Cc1nc(=S)cc(-c2cncc(F)c2)[nH]1. The first-order valence-electron chi connectivity index (χ1n) is 4.34. The number of hydrogen-bond donors (Lipinski definition) is 1. The molecule has 0 saturated heterocycles. The summed E-state index contributed by atoms with van der Waals surface area (Å²) >= 11 is 4.97. The van der Waals surface area contributed by atoms with Crippen molar-refractivity contribution in [3.05, 3.63) is 40.8 Å². The zero-order valence-electron chi connectivity index (χ0n) is 7.99. The molecular weight excluding hydrogens is 213 g/mol. The third-order valence-corrected chi connectivity index (χ3v) is 2.09. The van der Waals surface area contributed by atoms with Gasteiger partial charge in [0.1, 0.15) is 16.3 Å². The normalized spacial score (nSPS) is 10.3. The Labute approximate surface area is 91.0 Å². The van der Waals surface area contributed by atoms with Gasteiger partial charge in [-0.15, -0.1) is 0 Å². The molecule has 0 aliphatic heterocycles. The first-order valence-corrected chi connectivity index (χ1v) is 4.75. The van der Waals surface area contributed by atoms with Gasteiger partial charge in [0.2, 0.25) is 0 Å². The quantitative estimate of drug-likeness (QED) is 0.753. The van der Waals surface area contributed by atoms with E-state index in [1.165, 1.54) is 6.07 Å². The molecule has 0 aliphatic rings. The highest BCUT2D eigenvalue weighted by Gasteiger charge is 2.01. The molecular formula is C10H8FN3S. The molecule has 0 fully saturated rings. The number of aryl methyl sites for hydroxylation is 1. The average Bonchev–Trinajstić information content (AvgIpc) is 2.16. The van der Waals surface area contributed by atoms with Crippen LogP contribution in [0.1, 0.15) is 5.82 Å². The molecule has 0 saturated carbocycles. The zero-order chi connectivity index (χ0) is 10.8. The molecule has 0 amide bonds. The number of hydrogen-bond acceptors (Lipinski definition) is 3. The van der Waals surface area contributed by atoms with Crippen LogP contribution in [0, 0.1) is 17.4 Å². The third kappa shape index (κ3) is 2.24. The van der Waals surface area contributed by atoms with Crippen LogP contribution in [0.2, 0.25) is 0 Å². The highest BCUT2D eigenvalue weighted by Crippen LogP contribution is 2.16. The van der Waals surface area contributed by atoms with Crippen LogP contribution in [0.25, 0.3) is 11.3 Å². The minimum atomic E-state index is -0.374. The molecule has 0 atom stereocenters. The summed E-state index contributed by atoms with van der Waals surface area (Å²) in [6.45, 7) is 1.80. The maximum atomic E-state index is 12.9. The molecule has 15 heavy (non-hydrogen) atoms. The number of nitrogens with one attached hydrogen (secondary N) is 1. The molecule has 76 valence electrons. The van der Waals surface area contributed by atoms with Crippen molar-refractivity contribution in [1.29, 1.82) is 0 Å². The van der Waals surface area contributed by atoms with Crippen LogP contribution in [0.3, 0.4) is 0 Å². The predicted molar refractivity (Wildman–Crippen MR) is 57.3 cm³/mol. The summed E-state index contributed by atoms with van der Waals surface area (Å²) < 4.78 is 13.4. The molecule has 2 heterocycles. The van der Waals surface area contributed by atoms with Gasteiger partial charge in [-0.25, -0.2) is 9.37 Å². The molecule has 2 aromatic heterocycles. The van der Waals surface area contributed by atoms with Crippen molar-refractivity contribution in [2.45, 2.75) is 6.92 Å². The largest absolute Gasteiger partial charge is 0.343 e. The summed E-state index contributed by atoms with van der Waals surface area (Å²) in [5, 5.41) is 0. The highest BCUT2D eigenvalue weighted by atomic mass is 32.1. The molecule has 0 spiro atoms. The number of aromatic nitrogens is 3. The minimum absolute atomic E-state index is 0.374. The van der Waals surface area contributed by atoms with Crippen LogP contribution in [0.4, 0.5) is 4.39 Å². The topological polar surface area (TPSA) is 41.6 Å². The van der Waals surface area contributed by atoms with Crippen molar-refractivity contribution >= 4 is 12.2 Å². The van der Waals surface area contributed by atoms with Gasteiger partial charge in [-0.1, -0.05) is 12.2 Å². The summed E-state index contributed by atoms with van der Waals surface area (Å²) in [5.74, 6) is 0.322. The van der Waals surface area contributed by atoms with Gasteiger partial charge in [0.25, 0.3) is 0 Å². The summed E-state index contributed by atoms with van der Waals surface area (Å²) in [6, 6.07) is 3.08. The Kier molecular flexibility index (Phi) is 2.55. The Balaban J connectivity index is 2.59. The first-order chi connectivity index (χ1) is 7.15. The average molecular weight is 221 g/mol. The van der Waals surface area contributed by atoms with E-state index in [0.29, 0.717) is 16.0 Å². The van der Waals surface area contributed by atoms with E-state index < -0.39 is 0 Å². The molecule has 0 aromatic carbocycles. The van der Waals surface area contributed by atoms with Crippen molar-refractivity contribution in [3.8, 4) is 11.3 Å². The summed E-state index contributed by atoms with van der Waals surface area (Å²) in [5.41, 5.74) is 1.38. The second kappa shape index (κ2) is 3.86. The molecule has 0 bridgehead atoms. The summed E-state index contributed by atoms with van der Waals surface area (Å²) in [7, 11) is 0. The fraction of sp³-hybridized carbons (Fsp3) is 0.100. The van der Waals surface area contributed by atoms with Crippen LogP contribution >= 0.6 is 12.2 Å². The van der Waals surface area contributed by atoms with Crippen molar-refractivity contribution in [2.24, 2.45) is 0 Å². The fourth-order valence-corrected chi connectivity index (χ4v) is 1.55. The third-order valence-electron chi connectivity index (χ3n) is 1.88. The fourth-order valence-electron chi connectivity index (χ4n) is 1.29. The number of rotatable bonds is 1. The monoisotopic (exact) mass is 221 g/mol. The predicted octanol–water partition coefficient (Wildman–Crippen LogP) is 2.65. The Bertz CT molecular complexity index is 550. The van der Waals surface area contributed by atoms with Gasteiger partial charge in [-0.2, -0.15) is 0 Å². The number of halogens is 1. The van der Waals surface area contributed by atoms with Crippen LogP contribution in [0.5, 0.6) is 0 Å². The lowest BCUT2D eigenvalue weighted by Crippen LogP contribution is -1.92. The van der Waals surface area contributed by atoms with Gasteiger partial charge >= 0.3 is 0 Å². The van der Waals surface area contributed by atoms with Gasteiger partial charge in [-0.3, -0.25) is 4.98 Å². The van der Waals surface area contributed by atoms with Crippen LogP contribution in [-0.4, -0.2) is 15.0 Å². The maximum Gasteiger partial charge on any atom is 0.142 e. The van der Waals surface area contributed by atoms with E-state index in [0.717, 1.165) is 11.9 Å². The first kappa shape index (κ1) is 9.92. The Morgan fingerprint density at radius 2 is 2.13 bits per heavy atom. The standard InChI is InChI=1S/C10H8FN3S/c1-6-13-9(3-10(15)14-6)7-2-8(11)5-12-4-7/h2-5H,1H3,(H,13,14,15). The van der Waals surface area contributed by atoms with E-state index in [4.69, 9.17) is 12.2 Å². The van der Waals surface area contributed by atoms with E-state index in [1.807, 2.05) is 0 Å². The van der Waals surface area contributed by atoms with Gasteiger partial charge in [0.05, 0.1) is 11.9 Å². The Morgan fingerprint density at radius 3 is 2.80 bits per heavy atom. The van der Waals surface area contributed by atoms with Crippen LogP contribution in [-0.2, 0) is 0 Å². The molecule has 3 nitrogen and oxygen atoms in total. The van der Waals surface area contributed by atoms with E-state index in [9.17, 15) is 4.39 Å². The molecule has 1 N–H and O–H groups in total. The van der Waals surface area contributed by atoms with Crippen molar-refractivity contribution in [2.75, 3.05) is 0 Å². The molecule has 2 rings (SSSR count). The lowest BCUT2D eigenvalue weighted by atomic mass is 10.2. The minimum Gasteiger partial charge on any atom is -0.343 e. The van der Waals surface area contributed by atoms with Gasteiger partial charge < -0.3 is 4.98 Å². The molecule has 2 aromatic rings. The van der Waals surface area contributed by atoms with E-state index in [2.05, 4.69) is 15.0 Å². The number of nitrogens with zero attached hydrogens (tertiary/aromatic N) is 2. The van der Waals surface area contributed by atoms with Gasteiger partial charge in [0, 0.05) is 11.8 Å². The highest BCUT2D eigenvalue weighted by molar-refractivity contribution is 7.71. The Hall–Kier alpha value is -1.62. The lowest BCUT2D eigenvalue weighted by molar-refractivity contribution is 0.622. The van der Waals surface area contributed by atoms with E-state index in [-0.39, 0.29) is 5.82 Å². The van der Waals surface area contributed by atoms with E-state index >= 15 is 0 Å². The zero-order valence-corrected chi connectivity index (χ0v) is 8.81. The molecule has 0 aliphatic carbocycles. The second-order valence-corrected chi connectivity index (χ2v) is 3.53. The van der Waals surface area contributed by atoms with Gasteiger partial charge in [0.15, 0.2) is 0 Å².